The van der Waals surface area contributed by atoms with E-state index in [1.165, 1.54) is 12.1 Å². The van der Waals surface area contributed by atoms with Crippen molar-refractivity contribution in [3.63, 3.8) is 0 Å². The van der Waals surface area contributed by atoms with Crippen LogP contribution in [0.5, 0.6) is 0 Å². The second-order valence-electron chi connectivity index (χ2n) is 3.53. The van der Waals surface area contributed by atoms with Gasteiger partial charge in [-0.1, -0.05) is 23.7 Å². The van der Waals surface area contributed by atoms with Gasteiger partial charge in [0.15, 0.2) is 0 Å². The Bertz CT molecular complexity index is 517. The summed E-state index contributed by atoms with van der Waals surface area (Å²) in [5.41, 5.74) is 0. The van der Waals surface area contributed by atoms with Crippen molar-refractivity contribution in [3.8, 4) is 0 Å². The van der Waals surface area contributed by atoms with Crippen LogP contribution in [0.25, 0.3) is 0 Å². The molecule has 18 heavy (non-hydrogen) atoms. The highest BCUT2D eigenvalue weighted by Crippen LogP contribution is 2.19. The van der Waals surface area contributed by atoms with Crippen molar-refractivity contribution in [3.05, 3.63) is 29.3 Å². The standard InChI is InChI=1S/C11H15ClN2O3S/c1-2-13-11(15)7-8-14-18(16,17)10-6-4-3-5-9(10)12/h3-6,14H,2,7-8H2,1H3,(H,13,15). The fourth-order valence-electron chi connectivity index (χ4n) is 1.32. The summed E-state index contributed by atoms with van der Waals surface area (Å²) < 4.78 is 26.1. The first-order chi connectivity index (χ1) is 8.47. The predicted molar refractivity (Wildman–Crippen MR) is 69.9 cm³/mol. The molecule has 0 aliphatic carbocycles. The molecule has 1 rings (SSSR count). The molecular weight excluding hydrogens is 276 g/mol. The van der Waals surface area contributed by atoms with Gasteiger partial charge in [0.25, 0.3) is 0 Å². The average Bonchev–Trinajstić information content (AvgIpc) is 2.29. The minimum Gasteiger partial charge on any atom is -0.356 e. The van der Waals surface area contributed by atoms with E-state index in [0.717, 1.165) is 0 Å². The SMILES string of the molecule is CCNC(=O)CCNS(=O)(=O)c1ccccc1Cl. The van der Waals surface area contributed by atoms with Crippen LogP contribution < -0.4 is 10.0 Å². The Morgan fingerprint density at radius 1 is 1.33 bits per heavy atom. The Kier molecular flexibility index (Phi) is 5.58. The molecule has 1 aromatic rings. The van der Waals surface area contributed by atoms with Crippen LogP contribution in [0.2, 0.25) is 5.02 Å². The van der Waals surface area contributed by atoms with Gasteiger partial charge in [0, 0.05) is 19.5 Å². The molecule has 1 amide bonds. The molecule has 0 radical (unpaired) electrons. The first kappa shape index (κ1) is 14.9. The summed E-state index contributed by atoms with van der Waals surface area (Å²) in [5, 5.41) is 2.74. The Morgan fingerprint density at radius 3 is 2.61 bits per heavy atom. The Labute approximate surface area is 112 Å². The van der Waals surface area contributed by atoms with Crippen molar-refractivity contribution in [2.45, 2.75) is 18.2 Å². The van der Waals surface area contributed by atoms with Crippen molar-refractivity contribution in [1.82, 2.24) is 10.0 Å². The summed E-state index contributed by atoms with van der Waals surface area (Å²) in [6.45, 7) is 2.36. The van der Waals surface area contributed by atoms with E-state index in [4.69, 9.17) is 11.6 Å². The zero-order chi connectivity index (χ0) is 13.6. The summed E-state index contributed by atoms with van der Waals surface area (Å²) >= 11 is 5.80. The molecule has 0 fully saturated rings. The summed E-state index contributed by atoms with van der Waals surface area (Å²) in [5.74, 6) is -0.195. The zero-order valence-electron chi connectivity index (χ0n) is 9.94. The molecule has 0 atom stereocenters. The van der Waals surface area contributed by atoms with E-state index in [0.29, 0.717) is 6.54 Å². The quantitative estimate of drug-likeness (QED) is 0.825. The maximum absolute atomic E-state index is 11.9. The lowest BCUT2D eigenvalue weighted by Crippen LogP contribution is -2.30. The highest BCUT2D eigenvalue weighted by atomic mass is 35.5. The molecule has 0 aliphatic heterocycles. The van der Waals surface area contributed by atoms with Gasteiger partial charge in [0.2, 0.25) is 15.9 Å². The molecule has 0 aromatic heterocycles. The van der Waals surface area contributed by atoms with Gasteiger partial charge in [-0.3, -0.25) is 4.79 Å². The lowest BCUT2D eigenvalue weighted by atomic mass is 10.4. The topological polar surface area (TPSA) is 75.3 Å². The van der Waals surface area contributed by atoms with Gasteiger partial charge in [-0.15, -0.1) is 0 Å². The van der Waals surface area contributed by atoms with Crippen LogP contribution in [0.1, 0.15) is 13.3 Å². The second-order valence-corrected chi connectivity index (χ2v) is 5.67. The van der Waals surface area contributed by atoms with Crippen LogP contribution in [-0.4, -0.2) is 27.4 Å². The van der Waals surface area contributed by atoms with Crippen molar-refractivity contribution >= 4 is 27.5 Å². The summed E-state index contributed by atoms with van der Waals surface area (Å²) in [6.07, 6.45) is 0.0948. The normalized spacial score (nSPS) is 11.2. The third-order valence-electron chi connectivity index (χ3n) is 2.14. The highest BCUT2D eigenvalue weighted by Gasteiger charge is 2.16. The van der Waals surface area contributed by atoms with E-state index in [1.54, 1.807) is 19.1 Å². The van der Waals surface area contributed by atoms with Crippen LogP contribution in [0.15, 0.2) is 29.2 Å². The minimum absolute atomic E-state index is 0.0163. The van der Waals surface area contributed by atoms with Crippen molar-refractivity contribution in [2.75, 3.05) is 13.1 Å². The maximum Gasteiger partial charge on any atom is 0.242 e. The number of hydrogen-bond donors (Lipinski definition) is 2. The molecule has 0 spiro atoms. The number of carbonyl (C=O) groups excluding carboxylic acids is 1. The smallest absolute Gasteiger partial charge is 0.242 e. The summed E-state index contributed by atoms with van der Waals surface area (Å²) in [7, 11) is -3.66. The van der Waals surface area contributed by atoms with Crippen molar-refractivity contribution in [2.24, 2.45) is 0 Å². The molecule has 2 N–H and O–H groups in total. The van der Waals surface area contributed by atoms with E-state index in [2.05, 4.69) is 10.0 Å². The van der Waals surface area contributed by atoms with E-state index in [-0.39, 0.29) is 28.8 Å². The van der Waals surface area contributed by atoms with Crippen LogP contribution in [0, 0.1) is 0 Å². The third kappa shape index (κ3) is 4.29. The molecule has 0 aliphatic rings. The van der Waals surface area contributed by atoms with Gasteiger partial charge in [0.1, 0.15) is 4.90 Å². The Hall–Kier alpha value is -1.11. The number of nitrogens with one attached hydrogen (secondary N) is 2. The first-order valence-corrected chi connectivity index (χ1v) is 7.34. The van der Waals surface area contributed by atoms with E-state index < -0.39 is 10.0 Å². The maximum atomic E-state index is 11.9. The zero-order valence-corrected chi connectivity index (χ0v) is 11.5. The second kappa shape index (κ2) is 6.72. The Balaban J connectivity index is 2.61. The molecule has 0 saturated carbocycles. The number of sulfonamides is 1. The molecule has 1 aromatic carbocycles. The fraction of sp³-hybridized carbons (Fsp3) is 0.364. The summed E-state index contributed by atoms with van der Waals surface area (Å²) in [4.78, 5) is 11.2. The van der Waals surface area contributed by atoms with Crippen molar-refractivity contribution in [1.29, 1.82) is 0 Å². The number of amides is 1. The molecule has 5 nitrogen and oxygen atoms in total. The molecule has 0 bridgehead atoms. The van der Waals surface area contributed by atoms with E-state index in [9.17, 15) is 13.2 Å². The number of halogens is 1. The Morgan fingerprint density at radius 2 is 2.00 bits per heavy atom. The fourth-order valence-corrected chi connectivity index (χ4v) is 2.87. The minimum atomic E-state index is -3.66. The lowest BCUT2D eigenvalue weighted by Gasteiger charge is -2.08. The molecule has 0 saturated heterocycles. The van der Waals surface area contributed by atoms with Crippen LogP contribution in [0.4, 0.5) is 0 Å². The summed E-state index contributed by atoms with van der Waals surface area (Å²) in [6, 6.07) is 6.15. The molecule has 7 heteroatoms. The lowest BCUT2D eigenvalue weighted by molar-refractivity contribution is -0.120. The average molecular weight is 291 g/mol. The molecule has 100 valence electrons. The van der Waals surface area contributed by atoms with Gasteiger partial charge in [-0.05, 0) is 19.1 Å². The van der Waals surface area contributed by atoms with Crippen LogP contribution >= 0.6 is 11.6 Å². The number of carbonyl (C=O) groups is 1. The highest BCUT2D eigenvalue weighted by molar-refractivity contribution is 7.89. The molecule has 0 unspecified atom stereocenters. The molecular formula is C11H15ClN2O3S. The van der Waals surface area contributed by atoms with Gasteiger partial charge in [-0.2, -0.15) is 0 Å². The monoisotopic (exact) mass is 290 g/mol. The third-order valence-corrected chi connectivity index (χ3v) is 4.11. The van der Waals surface area contributed by atoms with Gasteiger partial charge in [-0.25, -0.2) is 13.1 Å². The predicted octanol–water partition coefficient (Wildman–Crippen LogP) is 1.14. The van der Waals surface area contributed by atoms with Crippen LogP contribution in [-0.2, 0) is 14.8 Å². The number of hydrogen-bond acceptors (Lipinski definition) is 3. The number of benzene rings is 1. The largest absolute Gasteiger partial charge is 0.356 e. The van der Waals surface area contributed by atoms with Gasteiger partial charge in [0.05, 0.1) is 5.02 Å². The first-order valence-electron chi connectivity index (χ1n) is 5.48. The van der Waals surface area contributed by atoms with E-state index >= 15 is 0 Å². The molecule has 0 heterocycles. The van der Waals surface area contributed by atoms with Crippen molar-refractivity contribution < 1.29 is 13.2 Å². The van der Waals surface area contributed by atoms with Gasteiger partial charge >= 0.3 is 0 Å². The van der Waals surface area contributed by atoms with Crippen LogP contribution in [0.3, 0.4) is 0 Å². The van der Waals surface area contributed by atoms with E-state index in [1.807, 2.05) is 0 Å². The number of rotatable bonds is 6. The van der Waals surface area contributed by atoms with Gasteiger partial charge < -0.3 is 5.32 Å².